The molecule has 0 aliphatic carbocycles. The molecule has 10 nitrogen and oxygen atoms in total. The summed E-state index contributed by atoms with van der Waals surface area (Å²) in [4.78, 5) is 22.6. The van der Waals surface area contributed by atoms with Gasteiger partial charge in [-0.3, -0.25) is 14.9 Å². The second-order valence-electron chi connectivity index (χ2n) is 6.19. The van der Waals surface area contributed by atoms with Crippen LogP contribution in [0.5, 0.6) is 5.75 Å². The Bertz CT molecular complexity index is 998. The lowest BCUT2D eigenvalue weighted by atomic mass is 10.1. The van der Waals surface area contributed by atoms with Gasteiger partial charge in [0.05, 0.1) is 9.95 Å². The number of benzene rings is 1. The van der Waals surface area contributed by atoms with Crippen molar-refractivity contribution < 1.29 is 28.3 Å². The summed E-state index contributed by atoms with van der Waals surface area (Å²) < 4.78 is 33.0. The normalized spacial score (nSPS) is 18.8. The topological polar surface area (TPSA) is 123 Å². The fourth-order valence-corrected chi connectivity index (χ4v) is 2.88. The Hall–Kier alpha value is -3.12. The van der Waals surface area contributed by atoms with E-state index in [4.69, 9.17) is 16.3 Å². The predicted octanol–water partition coefficient (Wildman–Crippen LogP) is 2.66. The zero-order valence-electron chi connectivity index (χ0n) is 14.8. The number of hydrogen-bond acceptors (Lipinski definition) is 7. The van der Waals surface area contributed by atoms with Gasteiger partial charge in [-0.25, -0.2) is 13.5 Å². The van der Waals surface area contributed by atoms with Crippen molar-refractivity contribution >= 4 is 28.9 Å². The predicted molar refractivity (Wildman–Crippen MR) is 95.8 cm³/mol. The summed E-state index contributed by atoms with van der Waals surface area (Å²) >= 11 is 5.92. The number of hydrogen-bond donors (Lipinski definition) is 1. The lowest BCUT2D eigenvalue weighted by molar-refractivity contribution is -0.384. The van der Waals surface area contributed by atoms with Gasteiger partial charge in [-0.2, -0.15) is 15.2 Å². The molecular weight excluding hydrogens is 416 g/mol. The summed E-state index contributed by atoms with van der Waals surface area (Å²) in [7, 11) is 0. The first-order valence-electron chi connectivity index (χ1n) is 8.11. The minimum atomic E-state index is -3.22. The molecule has 0 spiro atoms. The molecule has 154 valence electrons. The molecule has 29 heavy (non-hydrogen) atoms. The van der Waals surface area contributed by atoms with Crippen molar-refractivity contribution in [2.45, 2.75) is 32.2 Å². The number of aromatic nitrogens is 2. The van der Waals surface area contributed by atoms with E-state index >= 15 is 0 Å². The largest absolute Gasteiger partial charge is 0.470 e. The molecule has 1 aromatic carbocycles. The van der Waals surface area contributed by atoms with Crippen LogP contribution >= 0.6 is 11.6 Å². The number of nitrogens with zero attached hydrogens (tertiary/aromatic N) is 5. The van der Waals surface area contributed by atoms with Crippen LogP contribution in [-0.2, 0) is 6.73 Å². The third kappa shape index (κ3) is 4.03. The number of alkyl halides is 2. The fourth-order valence-electron chi connectivity index (χ4n) is 2.65. The summed E-state index contributed by atoms with van der Waals surface area (Å²) in [6.07, 6.45) is -2.35. The molecule has 0 unspecified atom stereocenters. The minimum Gasteiger partial charge on any atom is -0.470 e. The van der Waals surface area contributed by atoms with Gasteiger partial charge in [0.25, 0.3) is 18.0 Å². The summed E-state index contributed by atoms with van der Waals surface area (Å²) in [5.74, 6) is -0.857. The number of ether oxygens (including phenoxy) is 1. The van der Waals surface area contributed by atoms with Crippen LogP contribution in [-0.4, -0.2) is 48.6 Å². The van der Waals surface area contributed by atoms with Crippen molar-refractivity contribution in [1.29, 1.82) is 0 Å². The highest BCUT2D eigenvalue weighted by molar-refractivity contribution is 6.32. The van der Waals surface area contributed by atoms with E-state index in [0.717, 1.165) is 6.07 Å². The molecule has 0 radical (unpaired) electrons. The Balaban J connectivity index is 1.71. The summed E-state index contributed by atoms with van der Waals surface area (Å²) in [5.41, 5.74) is -2.99. The van der Waals surface area contributed by atoms with E-state index in [1.807, 2.05) is 0 Å². The van der Waals surface area contributed by atoms with Crippen molar-refractivity contribution in [3.8, 4) is 5.75 Å². The number of nitro groups is 1. The zero-order valence-corrected chi connectivity index (χ0v) is 15.6. The number of aliphatic hydroxyl groups is 1. The SMILES string of the molecule is CC1=NN(C(=O)c2ccn(COc3ccc([N+](=O)[O-])cc3Cl)n2)[C@@](O)(C(F)F)C1. The van der Waals surface area contributed by atoms with Gasteiger partial charge in [0.15, 0.2) is 12.4 Å². The molecule has 0 bridgehead atoms. The quantitative estimate of drug-likeness (QED) is 0.556. The molecule has 1 aliphatic rings. The Labute approximate surface area is 167 Å². The van der Waals surface area contributed by atoms with Gasteiger partial charge in [-0.15, -0.1) is 0 Å². The standard InChI is InChI=1S/C16H14ClF2N5O5/c1-9-7-16(26,15(18)19)23(20-9)14(25)12-4-5-22(21-12)8-29-13-3-2-10(24(27)28)6-11(13)17/h2-6,15,26H,7-8H2,1H3/t16-/m0/s1. The van der Waals surface area contributed by atoms with Gasteiger partial charge in [-0.05, 0) is 19.1 Å². The van der Waals surface area contributed by atoms with Gasteiger partial charge in [-0.1, -0.05) is 11.6 Å². The molecule has 0 saturated carbocycles. The molecule has 2 heterocycles. The number of carbonyl (C=O) groups is 1. The molecule has 1 atom stereocenters. The highest BCUT2D eigenvalue weighted by Gasteiger charge is 2.51. The number of carbonyl (C=O) groups excluding carboxylic acids is 1. The maximum Gasteiger partial charge on any atom is 0.297 e. The fraction of sp³-hybridized carbons (Fsp3) is 0.312. The van der Waals surface area contributed by atoms with E-state index < -0.39 is 29.4 Å². The molecule has 0 saturated heterocycles. The Morgan fingerprint density at radius 2 is 2.21 bits per heavy atom. The molecule has 1 amide bonds. The van der Waals surface area contributed by atoms with Crippen molar-refractivity contribution in [2.24, 2.45) is 5.10 Å². The van der Waals surface area contributed by atoms with Gasteiger partial charge in [0.1, 0.15) is 5.75 Å². The molecule has 13 heteroatoms. The molecular formula is C16H14ClF2N5O5. The molecule has 1 aromatic heterocycles. The zero-order chi connectivity index (χ0) is 21.3. The van der Waals surface area contributed by atoms with Crippen LogP contribution in [0.15, 0.2) is 35.6 Å². The minimum absolute atomic E-state index is 0.00605. The smallest absolute Gasteiger partial charge is 0.297 e. The Kier molecular flexibility index (Phi) is 5.48. The monoisotopic (exact) mass is 429 g/mol. The number of hydrazone groups is 1. The highest BCUT2D eigenvalue weighted by Crippen LogP contribution is 2.32. The van der Waals surface area contributed by atoms with Gasteiger partial charge in [0, 0.05) is 30.5 Å². The van der Waals surface area contributed by atoms with E-state index in [-0.39, 0.29) is 34.6 Å². The lowest BCUT2D eigenvalue weighted by Crippen LogP contribution is -2.51. The van der Waals surface area contributed by atoms with Crippen LogP contribution in [0.4, 0.5) is 14.5 Å². The second-order valence-corrected chi connectivity index (χ2v) is 6.60. The number of amides is 1. The van der Waals surface area contributed by atoms with Crippen LogP contribution in [0.25, 0.3) is 0 Å². The maximum atomic E-state index is 13.2. The van der Waals surface area contributed by atoms with Crippen LogP contribution < -0.4 is 4.74 Å². The third-order valence-electron chi connectivity index (χ3n) is 4.03. The van der Waals surface area contributed by atoms with E-state index in [2.05, 4.69) is 10.2 Å². The van der Waals surface area contributed by atoms with E-state index in [0.29, 0.717) is 5.01 Å². The van der Waals surface area contributed by atoms with Crippen LogP contribution in [0.3, 0.4) is 0 Å². The van der Waals surface area contributed by atoms with Crippen molar-refractivity contribution in [3.63, 3.8) is 0 Å². The molecule has 0 fully saturated rings. The summed E-state index contributed by atoms with van der Waals surface area (Å²) in [6.45, 7) is 1.20. The molecule has 1 aliphatic heterocycles. The van der Waals surface area contributed by atoms with Crippen LogP contribution in [0.1, 0.15) is 23.8 Å². The number of rotatable bonds is 6. The third-order valence-corrected chi connectivity index (χ3v) is 4.33. The van der Waals surface area contributed by atoms with Crippen molar-refractivity contribution in [1.82, 2.24) is 14.8 Å². The highest BCUT2D eigenvalue weighted by atomic mass is 35.5. The van der Waals surface area contributed by atoms with E-state index in [1.54, 1.807) is 0 Å². The van der Waals surface area contributed by atoms with Crippen LogP contribution in [0, 0.1) is 10.1 Å². The molecule has 3 rings (SSSR count). The molecule has 1 N–H and O–H groups in total. The average molecular weight is 430 g/mol. The van der Waals surface area contributed by atoms with Gasteiger partial charge < -0.3 is 9.84 Å². The number of nitro benzene ring substituents is 1. The molecule has 2 aromatic rings. The number of non-ortho nitro benzene ring substituents is 1. The second kappa shape index (κ2) is 7.72. The van der Waals surface area contributed by atoms with E-state index in [9.17, 15) is 28.8 Å². The van der Waals surface area contributed by atoms with Gasteiger partial charge >= 0.3 is 0 Å². The van der Waals surface area contributed by atoms with Crippen LogP contribution in [0.2, 0.25) is 5.02 Å². The maximum absolute atomic E-state index is 13.2. The van der Waals surface area contributed by atoms with E-state index in [1.165, 1.54) is 36.0 Å². The summed E-state index contributed by atoms with van der Waals surface area (Å²) in [6, 6.07) is 4.88. The lowest BCUT2D eigenvalue weighted by Gasteiger charge is -2.29. The summed E-state index contributed by atoms with van der Waals surface area (Å²) in [5, 5.41) is 28.8. The Morgan fingerprint density at radius 3 is 2.83 bits per heavy atom. The number of halogens is 3. The van der Waals surface area contributed by atoms with Gasteiger partial charge in [0.2, 0.25) is 5.72 Å². The average Bonchev–Trinajstić information content (AvgIpc) is 3.24. The Morgan fingerprint density at radius 1 is 1.48 bits per heavy atom. The van der Waals surface area contributed by atoms with Crippen molar-refractivity contribution in [3.05, 3.63) is 51.3 Å². The first-order valence-corrected chi connectivity index (χ1v) is 8.49. The van der Waals surface area contributed by atoms with Crippen molar-refractivity contribution in [2.75, 3.05) is 0 Å². The first kappa shape index (κ1) is 20.6. The first-order chi connectivity index (χ1) is 13.6.